The van der Waals surface area contributed by atoms with Gasteiger partial charge in [-0.3, -0.25) is 4.79 Å². The normalized spacial score (nSPS) is 12.4. The Morgan fingerprint density at radius 2 is 1.89 bits per heavy atom. The summed E-state index contributed by atoms with van der Waals surface area (Å²) in [5.41, 5.74) is 1.16. The first-order valence-electron chi connectivity index (χ1n) is 6.55. The third kappa shape index (κ3) is 5.09. The summed E-state index contributed by atoms with van der Waals surface area (Å²) in [6.07, 6.45) is 2.31. The Balaban J connectivity index is 2.56. The lowest BCUT2D eigenvalue weighted by atomic mass is 9.96. The van der Waals surface area contributed by atoms with Crippen molar-refractivity contribution in [2.75, 3.05) is 5.88 Å². The second-order valence-corrected chi connectivity index (χ2v) is 5.22. The van der Waals surface area contributed by atoms with Crippen molar-refractivity contribution >= 4 is 17.5 Å². The second kappa shape index (κ2) is 8.15. The molecule has 0 saturated carbocycles. The van der Waals surface area contributed by atoms with E-state index in [1.165, 1.54) is 0 Å². The lowest BCUT2D eigenvalue weighted by Crippen LogP contribution is -2.31. The van der Waals surface area contributed by atoms with E-state index in [1.807, 2.05) is 18.2 Å². The topological polar surface area (TPSA) is 29.1 Å². The van der Waals surface area contributed by atoms with Gasteiger partial charge in [0.05, 0.1) is 6.04 Å². The van der Waals surface area contributed by atoms with E-state index in [4.69, 9.17) is 11.6 Å². The van der Waals surface area contributed by atoms with Crippen LogP contribution in [0.2, 0.25) is 0 Å². The molecule has 0 aromatic heterocycles. The van der Waals surface area contributed by atoms with E-state index >= 15 is 0 Å². The van der Waals surface area contributed by atoms with Gasteiger partial charge in [0, 0.05) is 12.3 Å². The molecular formula is C15H22ClNO. The van der Waals surface area contributed by atoms with Gasteiger partial charge in [-0.25, -0.2) is 0 Å². The molecule has 100 valence electrons. The highest BCUT2D eigenvalue weighted by Gasteiger charge is 2.17. The SMILES string of the molecule is CC(C)C(NC(=O)CCCCCl)c1ccccc1. The molecule has 0 aliphatic rings. The zero-order valence-electron chi connectivity index (χ0n) is 11.2. The van der Waals surface area contributed by atoms with E-state index < -0.39 is 0 Å². The molecule has 1 atom stereocenters. The largest absolute Gasteiger partial charge is 0.349 e. The Kier molecular flexibility index (Phi) is 6.81. The summed E-state index contributed by atoms with van der Waals surface area (Å²) in [5, 5.41) is 3.11. The second-order valence-electron chi connectivity index (χ2n) is 4.85. The van der Waals surface area contributed by atoms with Crippen molar-refractivity contribution in [1.29, 1.82) is 0 Å². The molecular weight excluding hydrogens is 246 g/mol. The van der Waals surface area contributed by atoms with Crippen LogP contribution < -0.4 is 5.32 Å². The number of hydrogen-bond acceptors (Lipinski definition) is 1. The molecule has 3 heteroatoms. The Labute approximate surface area is 115 Å². The molecule has 1 aromatic carbocycles. The number of alkyl halides is 1. The van der Waals surface area contributed by atoms with Crippen molar-refractivity contribution in [2.24, 2.45) is 5.92 Å². The van der Waals surface area contributed by atoms with Crippen LogP contribution in [0.4, 0.5) is 0 Å². The molecule has 0 fully saturated rings. The highest BCUT2D eigenvalue weighted by atomic mass is 35.5. The zero-order valence-corrected chi connectivity index (χ0v) is 11.9. The summed E-state index contributed by atoms with van der Waals surface area (Å²) in [6.45, 7) is 4.24. The average molecular weight is 268 g/mol. The molecule has 0 spiro atoms. The van der Waals surface area contributed by atoms with Crippen molar-refractivity contribution in [1.82, 2.24) is 5.32 Å². The minimum atomic E-state index is 0.0923. The number of carbonyl (C=O) groups excluding carboxylic acids is 1. The summed E-state index contributed by atoms with van der Waals surface area (Å²) in [4.78, 5) is 11.9. The van der Waals surface area contributed by atoms with Gasteiger partial charge in [-0.15, -0.1) is 11.6 Å². The third-order valence-electron chi connectivity index (χ3n) is 2.93. The minimum Gasteiger partial charge on any atom is -0.349 e. The van der Waals surface area contributed by atoms with Crippen LogP contribution in [0.3, 0.4) is 0 Å². The van der Waals surface area contributed by atoms with Crippen molar-refractivity contribution in [3.63, 3.8) is 0 Å². The van der Waals surface area contributed by atoms with Crippen LogP contribution >= 0.6 is 11.6 Å². The van der Waals surface area contributed by atoms with Gasteiger partial charge in [-0.1, -0.05) is 44.2 Å². The Morgan fingerprint density at radius 1 is 1.22 bits per heavy atom. The maximum Gasteiger partial charge on any atom is 0.220 e. The smallest absolute Gasteiger partial charge is 0.220 e. The monoisotopic (exact) mass is 267 g/mol. The predicted octanol–water partition coefficient (Wildman–Crippen LogP) is 3.91. The molecule has 0 aliphatic carbocycles. The number of halogens is 1. The molecule has 0 heterocycles. The van der Waals surface area contributed by atoms with Gasteiger partial charge in [-0.05, 0) is 24.3 Å². The number of unbranched alkanes of at least 4 members (excludes halogenated alkanes) is 1. The van der Waals surface area contributed by atoms with Crippen molar-refractivity contribution < 1.29 is 4.79 Å². The Hall–Kier alpha value is -1.02. The van der Waals surface area contributed by atoms with Crippen LogP contribution in [0.1, 0.15) is 44.7 Å². The van der Waals surface area contributed by atoms with E-state index in [2.05, 4.69) is 31.3 Å². The summed E-state index contributed by atoms with van der Waals surface area (Å²) in [7, 11) is 0. The van der Waals surface area contributed by atoms with Crippen LogP contribution in [-0.4, -0.2) is 11.8 Å². The molecule has 1 aromatic rings. The van der Waals surface area contributed by atoms with Crippen LogP contribution in [0.25, 0.3) is 0 Å². The van der Waals surface area contributed by atoms with Gasteiger partial charge in [0.1, 0.15) is 0 Å². The molecule has 0 aliphatic heterocycles. The van der Waals surface area contributed by atoms with Gasteiger partial charge in [0.2, 0.25) is 5.91 Å². The first kappa shape index (κ1) is 15.0. The molecule has 1 N–H and O–H groups in total. The molecule has 1 rings (SSSR count). The predicted molar refractivity (Wildman–Crippen MR) is 76.7 cm³/mol. The van der Waals surface area contributed by atoms with Gasteiger partial charge >= 0.3 is 0 Å². The quantitative estimate of drug-likeness (QED) is 0.589. The number of carbonyl (C=O) groups is 1. The standard InChI is InChI=1S/C15H22ClNO/c1-12(2)15(13-8-4-3-5-9-13)17-14(18)10-6-7-11-16/h3-5,8-9,12,15H,6-7,10-11H2,1-2H3,(H,17,18). The zero-order chi connectivity index (χ0) is 13.4. The fourth-order valence-corrected chi connectivity index (χ4v) is 2.11. The van der Waals surface area contributed by atoms with Crippen LogP contribution in [-0.2, 0) is 4.79 Å². The molecule has 1 amide bonds. The highest BCUT2D eigenvalue weighted by molar-refractivity contribution is 6.17. The molecule has 0 saturated heterocycles. The molecule has 0 radical (unpaired) electrons. The van der Waals surface area contributed by atoms with Gasteiger partial charge in [-0.2, -0.15) is 0 Å². The summed E-state index contributed by atoms with van der Waals surface area (Å²) >= 11 is 5.61. The third-order valence-corrected chi connectivity index (χ3v) is 3.20. The lowest BCUT2D eigenvalue weighted by molar-refractivity contribution is -0.122. The maximum absolute atomic E-state index is 11.9. The average Bonchev–Trinajstić information content (AvgIpc) is 2.37. The fourth-order valence-electron chi connectivity index (χ4n) is 1.92. The minimum absolute atomic E-state index is 0.0923. The van der Waals surface area contributed by atoms with Gasteiger partial charge in [0.25, 0.3) is 0 Å². The Bertz CT molecular complexity index is 351. The van der Waals surface area contributed by atoms with Crippen molar-refractivity contribution in [2.45, 2.75) is 39.2 Å². The maximum atomic E-state index is 11.9. The number of benzene rings is 1. The first-order chi connectivity index (χ1) is 8.65. The van der Waals surface area contributed by atoms with Crippen LogP contribution in [0.15, 0.2) is 30.3 Å². The van der Waals surface area contributed by atoms with Crippen molar-refractivity contribution in [3.05, 3.63) is 35.9 Å². The molecule has 18 heavy (non-hydrogen) atoms. The first-order valence-corrected chi connectivity index (χ1v) is 7.09. The highest BCUT2D eigenvalue weighted by Crippen LogP contribution is 2.21. The summed E-state index contributed by atoms with van der Waals surface area (Å²) < 4.78 is 0. The van der Waals surface area contributed by atoms with Crippen LogP contribution in [0, 0.1) is 5.92 Å². The molecule has 1 unspecified atom stereocenters. The van der Waals surface area contributed by atoms with E-state index in [-0.39, 0.29) is 11.9 Å². The summed E-state index contributed by atoms with van der Waals surface area (Å²) in [6, 6.07) is 10.2. The lowest BCUT2D eigenvalue weighted by Gasteiger charge is -2.23. The number of rotatable bonds is 7. The summed E-state index contributed by atoms with van der Waals surface area (Å²) in [5.74, 6) is 1.12. The van der Waals surface area contributed by atoms with Gasteiger partial charge in [0.15, 0.2) is 0 Å². The van der Waals surface area contributed by atoms with E-state index in [1.54, 1.807) is 0 Å². The van der Waals surface area contributed by atoms with Gasteiger partial charge < -0.3 is 5.32 Å². The van der Waals surface area contributed by atoms with E-state index in [0.29, 0.717) is 18.2 Å². The fraction of sp³-hybridized carbons (Fsp3) is 0.533. The number of hydrogen-bond donors (Lipinski definition) is 1. The van der Waals surface area contributed by atoms with Crippen molar-refractivity contribution in [3.8, 4) is 0 Å². The molecule has 0 bridgehead atoms. The van der Waals surface area contributed by atoms with E-state index in [0.717, 1.165) is 18.4 Å². The van der Waals surface area contributed by atoms with Crippen LogP contribution in [0.5, 0.6) is 0 Å². The number of amides is 1. The number of nitrogens with one attached hydrogen (secondary N) is 1. The Morgan fingerprint density at radius 3 is 2.44 bits per heavy atom. The molecule has 2 nitrogen and oxygen atoms in total. The van der Waals surface area contributed by atoms with E-state index in [9.17, 15) is 4.79 Å².